The number of nitrogens with zero attached hydrogens (tertiary/aromatic N) is 3. The van der Waals surface area contributed by atoms with Gasteiger partial charge in [0.2, 0.25) is 11.7 Å². The van der Waals surface area contributed by atoms with Gasteiger partial charge in [-0.05, 0) is 36.2 Å². The topological polar surface area (TPSA) is 73.0 Å². The second kappa shape index (κ2) is 9.23. The van der Waals surface area contributed by atoms with Gasteiger partial charge in [-0.15, -0.1) is 16.8 Å². The summed E-state index contributed by atoms with van der Waals surface area (Å²) in [5.74, 6) is 1.41. The number of carbonyl (C=O) groups is 1. The normalized spacial score (nSPS) is 10.7. The van der Waals surface area contributed by atoms with Crippen molar-refractivity contribution in [2.75, 3.05) is 11.1 Å². The molecule has 1 amide bonds. The fourth-order valence-electron chi connectivity index (χ4n) is 2.65. The summed E-state index contributed by atoms with van der Waals surface area (Å²) in [6.45, 7) is 6.46. The van der Waals surface area contributed by atoms with Crippen LogP contribution in [0.15, 0.2) is 64.9 Å². The fourth-order valence-corrected chi connectivity index (χ4v) is 3.40. The molecule has 0 atom stereocenters. The Labute approximate surface area is 162 Å². The molecule has 0 saturated heterocycles. The third-order valence-corrected chi connectivity index (χ3v) is 4.85. The first-order valence-electron chi connectivity index (χ1n) is 8.80. The van der Waals surface area contributed by atoms with Crippen molar-refractivity contribution in [3.05, 3.63) is 60.9 Å². The summed E-state index contributed by atoms with van der Waals surface area (Å²) in [7, 11) is 0. The number of furan rings is 1. The van der Waals surface area contributed by atoms with Crippen LogP contribution < -0.4 is 5.32 Å². The molecule has 0 radical (unpaired) electrons. The monoisotopic (exact) mass is 382 g/mol. The minimum atomic E-state index is -0.0871. The van der Waals surface area contributed by atoms with E-state index in [4.69, 9.17) is 4.42 Å². The zero-order valence-electron chi connectivity index (χ0n) is 15.2. The number of aromatic nitrogens is 3. The summed E-state index contributed by atoms with van der Waals surface area (Å²) in [5.41, 5.74) is 2.07. The first-order chi connectivity index (χ1) is 13.2. The summed E-state index contributed by atoms with van der Waals surface area (Å²) >= 11 is 1.33. The van der Waals surface area contributed by atoms with Gasteiger partial charge in [0.1, 0.15) is 0 Å². The molecule has 3 aromatic rings. The molecule has 3 rings (SSSR count). The third-order valence-electron chi connectivity index (χ3n) is 3.88. The van der Waals surface area contributed by atoms with Crippen molar-refractivity contribution in [2.45, 2.75) is 31.5 Å². The highest BCUT2D eigenvalue weighted by atomic mass is 32.2. The van der Waals surface area contributed by atoms with Crippen molar-refractivity contribution >= 4 is 23.4 Å². The van der Waals surface area contributed by atoms with Crippen molar-refractivity contribution in [3.8, 4) is 11.6 Å². The first-order valence-corrected chi connectivity index (χ1v) is 9.79. The lowest BCUT2D eigenvalue weighted by Crippen LogP contribution is -2.14. The molecule has 1 N–H and O–H groups in total. The minimum absolute atomic E-state index is 0.0871. The van der Waals surface area contributed by atoms with E-state index in [2.05, 4.69) is 29.0 Å². The molecule has 6 nitrogen and oxygen atoms in total. The van der Waals surface area contributed by atoms with Crippen LogP contribution in [-0.2, 0) is 17.8 Å². The molecular weight excluding hydrogens is 360 g/mol. The van der Waals surface area contributed by atoms with E-state index in [1.54, 1.807) is 18.4 Å². The summed E-state index contributed by atoms with van der Waals surface area (Å²) in [6.07, 6.45) is 5.50. The van der Waals surface area contributed by atoms with Crippen LogP contribution in [-0.4, -0.2) is 26.4 Å². The maximum absolute atomic E-state index is 12.3. The van der Waals surface area contributed by atoms with E-state index in [9.17, 15) is 4.79 Å². The summed E-state index contributed by atoms with van der Waals surface area (Å²) in [6, 6.07) is 11.6. The van der Waals surface area contributed by atoms with Gasteiger partial charge in [-0.3, -0.25) is 9.36 Å². The molecule has 0 fully saturated rings. The van der Waals surface area contributed by atoms with Gasteiger partial charge in [-0.25, -0.2) is 0 Å². The van der Waals surface area contributed by atoms with Crippen LogP contribution in [0, 0.1) is 0 Å². The van der Waals surface area contributed by atoms with Crippen molar-refractivity contribution in [2.24, 2.45) is 0 Å². The van der Waals surface area contributed by atoms with Gasteiger partial charge < -0.3 is 9.73 Å². The Bertz CT molecular complexity index is 885. The molecule has 0 aliphatic carbocycles. The highest BCUT2D eigenvalue weighted by Gasteiger charge is 2.16. The number of amides is 1. The first kappa shape index (κ1) is 19.0. The highest BCUT2D eigenvalue weighted by Crippen LogP contribution is 2.24. The Kier molecular flexibility index (Phi) is 6.49. The predicted molar refractivity (Wildman–Crippen MR) is 108 cm³/mol. The number of rotatable bonds is 9. The lowest BCUT2D eigenvalue weighted by Gasteiger charge is -2.08. The van der Waals surface area contributed by atoms with Crippen molar-refractivity contribution in [3.63, 3.8) is 0 Å². The number of anilines is 1. The van der Waals surface area contributed by atoms with E-state index in [1.807, 2.05) is 34.9 Å². The standard InChI is InChI=1S/C20H22N4O2S/c1-3-6-15-8-10-16(11-9-15)21-18(25)14-27-20-23-22-19(24(20)12-4-2)17-7-5-13-26-17/h4-5,7-11,13H,2-3,6,12,14H2,1H3,(H,21,25). The van der Waals surface area contributed by atoms with Crippen LogP contribution in [0.2, 0.25) is 0 Å². The largest absolute Gasteiger partial charge is 0.461 e. The molecule has 1 aromatic carbocycles. The van der Waals surface area contributed by atoms with Crippen LogP contribution in [0.3, 0.4) is 0 Å². The average molecular weight is 382 g/mol. The smallest absolute Gasteiger partial charge is 0.234 e. The molecular formula is C20H22N4O2S. The maximum atomic E-state index is 12.3. The summed E-state index contributed by atoms with van der Waals surface area (Å²) < 4.78 is 7.28. The Hall–Kier alpha value is -2.80. The second-order valence-electron chi connectivity index (χ2n) is 5.97. The highest BCUT2D eigenvalue weighted by molar-refractivity contribution is 7.99. The Morgan fingerprint density at radius 1 is 1.30 bits per heavy atom. The zero-order valence-corrected chi connectivity index (χ0v) is 16.0. The number of allylic oxidation sites excluding steroid dienone is 1. The molecule has 2 heterocycles. The molecule has 27 heavy (non-hydrogen) atoms. The van der Waals surface area contributed by atoms with Gasteiger partial charge in [-0.1, -0.05) is 43.3 Å². The number of aryl methyl sites for hydroxylation is 1. The number of carbonyl (C=O) groups excluding carboxylic acids is 1. The second-order valence-corrected chi connectivity index (χ2v) is 6.91. The summed E-state index contributed by atoms with van der Waals surface area (Å²) in [5, 5.41) is 11.9. The van der Waals surface area contributed by atoms with Crippen LogP contribution in [0.25, 0.3) is 11.6 Å². The minimum Gasteiger partial charge on any atom is -0.461 e. The molecule has 0 aliphatic heterocycles. The SMILES string of the molecule is C=CCn1c(SCC(=O)Nc2ccc(CCC)cc2)nnc1-c1ccco1. The number of hydrogen-bond donors (Lipinski definition) is 1. The van der Waals surface area contributed by atoms with Crippen molar-refractivity contribution < 1.29 is 9.21 Å². The van der Waals surface area contributed by atoms with E-state index in [0.29, 0.717) is 23.3 Å². The van der Waals surface area contributed by atoms with Crippen molar-refractivity contribution in [1.29, 1.82) is 0 Å². The zero-order chi connectivity index (χ0) is 19.1. The molecule has 0 saturated carbocycles. The van der Waals surface area contributed by atoms with Crippen LogP contribution >= 0.6 is 11.8 Å². The predicted octanol–water partition coefficient (Wildman–Crippen LogP) is 4.41. The quantitative estimate of drug-likeness (QED) is 0.438. The van der Waals surface area contributed by atoms with Crippen LogP contribution in [0.5, 0.6) is 0 Å². The molecule has 7 heteroatoms. The van der Waals surface area contributed by atoms with E-state index >= 15 is 0 Å². The number of nitrogens with one attached hydrogen (secondary N) is 1. The lowest BCUT2D eigenvalue weighted by atomic mass is 10.1. The van der Waals surface area contributed by atoms with Gasteiger partial charge >= 0.3 is 0 Å². The van der Waals surface area contributed by atoms with Gasteiger partial charge in [0.25, 0.3) is 0 Å². The van der Waals surface area contributed by atoms with E-state index in [0.717, 1.165) is 18.5 Å². The molecule has 0 bridgehead atoms. The molecule has 140 valence electrons. The lowest BCUT2D eigenvalue weighted by molar-refractivity contribution is -0.113. The average Bonchev–Trinajstić information content (AvgIpc) is 3.32. The van der Waals surface area contributed by atoms with E-state index in [-0.39, 0.29) is 11.7 Å². The van der Waals surface area contributed by atoms with Gasteiger partial charge in [0.05, 0.1) is 12.0 Å². The van der Waals surface area contributed by atoms with E-state index < -0.39 is 0 Å². The number of benzene rings is 1. The van der Waals surface area contributed by atoms with Crippen LogP contribution in [0.4, 0.5) is 5.69 Å². The van der Waals surface area contributed by atoms with Gasteiger partial charge in [0.15, 0.2) is 10.9 Å². The van der Waals surface area contributed by atoms with Gasteiger partial charge in [-0.2, -0.15) is 0 Å². The van der Waals surface area contributed by atoms with Crippen LogP contribution in [0.1, 0.15) is 18.9 Å². The molecule has 2 aromatic heterocycles. The fraction of sp³-hybridized carbons (Fsp3) is 0.250. The molecule has 0 unspecified atom stereocenters. The Balaban J connectivity index is 1.62. The van der Waals surface area contributed by atoms with Crippen molar-refractivity contribution in [1.82, 2.24) is 14.8 Å². The number of thioether (sulfide) groups is 1. The number of hydrogen-bond acceptors (Lipinski definition) is 5. The van der Waals surface area contributed by atoms with Gasteiger partial charge in [0, 0.05) is 12.2 Å². The molecule has 0 spiro atoms. The molecule has 0 aliphatic rings. The Morgan fingerprint density at radius 2 is 2.11 bits per heavy atom. The van der Waals surface area contributed by atoms with E-state index in [1.165, 1.54) is 17.3 Å². The third kappa shape index (κ3) is 4.89. The summed E-state index contributed by atoms with van der Waals surface area (Å²) in [4.78, 5) is 12.3. The maximum Gasteiger partial charge on any atom is 0.234 e. The Morgan fingerprint density at radius 3 is 2.78 bits per heavy atom.